The van der Waals surface area contributed by atoms with Crippen molar-refractivity contribution in [2.75, 3.05) is 6.26 Å². The minimum atomic E-state index is -0.454. The maximum Gasteiger partial charge on any atom is 0.346 e. The number of imidazole rings is 1. The molecular formula is C11H13N5O2S. The van der Waals surface area contributed by atoms with E-state index in [1.54, 1.807) is 25.6 Å². The number of amides is 1. The lowest BCUT2D eigenvalue weighted by atomic mass is 10.2. The molecule has 0 spiro atoms. The predicted molar refractivity (Wildman–Crippen MR) is 71.1 cm³/mol. The van der Waals surface area contributed by atoms with Crippen molar-refractivity contribution < 1.29 is 4.79 Å². The zero-order chi connectivity index (χ0) is 13.8. The Kier molecular flexibility index (Phi) is 4.00. The largest absolute Gasteiger partial charge is 0.347 e. The first-order chi connectivity index (χ1) is 9.11. The molecule has 100 valence electrons. The Bertz CT molecular complexity index is 635. The highest BCUT2D eigenvalue weighted by atomic mass is 32.2. The summed E-state index contributed by atoms with van der Waals surface area (Å²) in [6.45, 7) is 1.96. The van der Waals surface area contributed by atoms with Gasteiger partial charge in [-0.05, 0) is 13.2 Å². The molecular weight excluding hydrogens is 266 g/mol. The molecule has 2 rings (SSSR count). The van der Waals surface area contributed by atoms with E-state index in [0.717, 1.165) is 0 Å². The number of aromatic amines is 2. The van der Waals surface area contributed by atoms with Crippen molar-refractivity contribution in [3.8, 4) is 0 Å². The van der Waals surface area contributed by atoms with Crippen molar-refractivity contribution >= 4 is 17.7 Å². The Labute approximate surface area is 113 Å². The van der Waals surface area contributed by atoms with Crippen LogP contribution in [-0.4, -0.2) is 32.1 Å². The molecule has 8 heteroatoms. The van der Waals surface area contributed by atoms with Crippen molar-refractivity contribution in [3.63, 3.8) is 0 Å². The Morgan fingerprint density at radius 2 is 2.32 bits per heavy atom. The Hall–Kier alpha value is -2.09. The van der Waals surface area contributed by atoms with Crippen LogP contribution >= 0.6 is 11.8 Å². The molecule has 0 aliphatic heterocycles. The molecule has 0 aliphatic rings. The van der Waals surface area contributed by atoms with Crippen molar-refractivity contribution in [1.82, 2.24) is 25.3 Å². The second-order valence-corrected chi connectivity index (χ2v) is 4.56. The van der Waals surface area contributed by atoms with Crippen LogP contribution in [0.2, 0.25) is 0 Å². The van der Waals surface area contributed by atoms with Gasteiger partial charge in [-0.1, -0.05) is 0 Å². The van der Waals surface area contributed by atoms with Gasteiger partial charge in [-0.15, -0.1) is 11.8 Å². The summed E-state index contributed by atoms with van der Waals surface area (Å²) in [7, 11) is 0. The summed E-state index contributed by atoms with van der Waals surface area (Å²) in [6.07, 6.45) is 5.06. The van der Waals surface area contributed by atoms with Crippen molar-refractivity contribution in [2.24, 2.45) is 0 Å². The fraction of sp³-hybridized carbons (Fsp3) is 0.273. The number of hydrogen-bond acceptors (Lipinski definition) is 5. The molecule has 0 saturated heterocycles. The zero-order valence-corrected chi connectivity index (χ0v) is 11.3. The van der Waals surface area contributed by atoms with Gasteiger partial charge in [0.1, 0.15) is 10.9 Å². The number of nitrogens with one attached hydrogen (secondary N) is 3. The number of rotatable bonds is 4. The summed E-state index contributed by atoms with van der Waals surface area (Å²) < 4.78 is 0. The van der Waals surface area contributed by atoms with Crippen molar-refractivity contribution in [2.45, 2.75) is 18.5 Å². The van der Waals surface area contributed by atoms with Gasteiger partial charge < -0.3 is 15.3 Å². The Balaban J connectivity index is 2.21. The molecule has 0 bridgehead atoms. The Morgan fingerprint density at radius 1 is 1.53 bits per heavy atom. The van der Waals surface area contributed by atoms with Gasteiger partial charge in [0.2, 0.25) is 0 Å². The summed E-state index contributed by atoms with van der Waals surface area (Å²) in [5, 5.41) is 3.14. The molecule has 0 unspecified atom stereocenters. The maximum atomic E-state index is 12.1. The fourth-order valence-electron chi connectivity index (χ4n) is 1.62. The lowest BCUT2D eigenvalue weighted by molar-refractivity contribution is 0.0945. The number of hydrogen-bond donors (Lipinski definition) is 3. The van der Waals surface area contributed by atoms with Gasteiger partial charge in [-0.3, -0.25) is 4.79 Å². The van der Waals surface area contributed by atoms with Gasteiger partial charge in [0.25, 0.3) is 5.91 Å². The lowest BCUT2D eigenvalue weighted by Gasteiger charge is -2.09. The monoisotopic (exact) mass is 279 g/mol. The van der Waals surface area contributed by atoms with E-state index >= 15 is 0 Å². The summed E-state index contributed by atoms with van der Waals surface area (Å²) >= 11 is 1.26. The number of aryl methyl sites for hydroxylation is 1. The van der Waals surface area contributed by atoms with Crippen LogP contribution in [0.4, 0.5) is 0 Å². The topological polar surface area (TPSA) is 104 Å². The van der Waals surface area contributed by atoms with Crippen molar-refractivity contribution in [1.29, 1.82) is 0 Å². The average Bonchev–Trinajstić information content (AvgIpc) is 2.88. The molecule has 0 aliphatic carbocycles. The van der Waals surface area contributed by atoms with E-state index in [-0.39, 0.29) is 12.5 Å². The smallest absolute Gasteiger partial charge is 0.346 e. The predicted octanol–water partition coefficient (Wildman–Crippen LogP) is 0.453. The van der Waals surface area contributed by atoms with Gasteiger partial charge in [-0.25, -0.2) is 9.78 Å². The van der Waals surface area contributed by atoms with E-state index in [0.29, 0.717) is 22.1 Å². The van der Waals surface area contributed by atoms with Gasteiger partial charge >= 0.3 is 5.69 Å². The van der Waals surface area contributed by atoms with Gasteiger partial charge in [0.15, 0.2) is 0 Å². The molecule has 0 atom stereocenters. The van der Waals surface area contributed by atoms with Gasteiger partial charge in [0.05, 0.1) is 12.1 Å². The summed E-state index contributed by atoms with van der Waals surface area (Å²) in [5.74, 6) is 0.371. The molecule has 2 aromatic heterocycles. The maximum absolute atomic E-state index is 12.1. The van der Waals surface area contributed by atoms with E-state index in [2.05, 4.69) is 25.3 Å². The van der Waals surface area contributed by atoms with Crippen LogP contribution < -0.4 is 11.0 Å². The van der Waals surface area contributed by atoms with E-state index < -0.39 is 5.69 Å². The summed E-state index contributed by atoms with van der Waals surface area (Å²) in [6, 6.07) is 0. The van der Waals surface area contributed by atoms with Crippen LogP contribution in [0.15, 0.2) is 22.2 Å². The van der Waals surface area contributed by atoms with Crippen LogP contribution in [0.3, 0.4) is 0 Å². The fourth-order valence-corrected chi connectivity index (χ4v) is 2.25. The van der Waals surface area contributed by atoms with Crippen molar-refractivity contribution in [3.05, 3.63) is 40.0 Å². The second kappa shape index (κ2) is 5.70. The van der Waals surface area contributed by atoms with E-state index in [1.807, 2.05) is 0 Å². The summed E-state index contributed by atoms with van der Waals surface area (Å²) in [4.78, 5) is 36.6. The van der Waals surface area contributed by atoms with Crippen LogP contribution in [0.25, 0.3) is 0 Å². The molecule has 0 radical (unpaired) electrons. The van der Waals surface area contributed by atoms with E-state index in [4.69, 9.17) is 0 Å². The molecule has 0 fully saturated rings. The van der Waals surface area contributed by atoms with E-state index in [9.17, 15) is 9.59 Å². The minimum absolute atomic E-state index is 0.290. The number of aromatic nitrogens is 4. The van der Waals surface area contributed by atoms with Crippen LogP contribution in [-0.2, 0) is 6.54 Å². The lowest BCUT2D eigenvalue weighted by Crippen LogP contribution is -2.27. The highest BCUT2D eigenvalue weighted by Crippen LogP contribution is 2.17. The number of carbonyl (C=O) groups excluding carboxylic acids is 1. The molecule has 1 amide bonds. The standard InChI is InChI=1S/C11H13N5O2S/c1-6-8(10(19-2)16-11(18)15-6)9(17)14-5-7-12-3-4-13-7/h3-4H,5H2,1-2H3,(H,12,13)(H,14,17)(H,15,16,18). The normalized spacial score (nSPS) is 10.4. The molecule has 19 heavy (non-hydrogen) atoms. The van der Waals surface area contributed by atoms with Crippen LogP contribution in [0.5, 0.6) is 0 Å². The first-order valence-electron chi connectivity index (χ1n) is 5.53. The SMILES string of the molecule is CSc1nc(=O)[nH]c(C)c1C(=O)NCc1ncc[nH]1. The first kappa shape index (κ1) is 13.3. The van der Waals surface area contributed by atoms with E-state index in [1.165, 1.54) is 11.8 Å². The van der Waals surface area contributed by atoms with Crippen LogP contribution in [0, 0.1) is 6.92 Å². The number of thioether (sulfide) groups is 1. The quantitative estimate of drug-likeness (QED) is 0.557. The third-order valence-corrected chi connectivity index (χ3v) is 3.16. The molecule has 2 aromatic rings. The minimum Gasteiger partial charge on any atom is -0.347 e. The molecule has 2 heterocycles. The third kappa shape index (κ3) is 3.02. The zero-order valence-electron chi connectivity index (χ0n) is 10.5. The third-order valence-electron chi connectivity index (χ3n) is 2.48. The second-order valence-electron chi connectivity index (χ2n) is 3.77. The summed E-state index contributed by atoms with van der Waals surface area (Å²) in [5.41, 5.74) is 0.435. The molecule has 3 N–H and O–H groups in total. The molecule has 0 aromatic carbocycles. The number of nitrogens with zero attached hydrogens (tertiary/aromatic N) is 2. The number of H-pyrrole nitrogens is 2. The van der Waals surface area contributed by atoms with Crippen LogP contribution in [0.1, 0.15) is 21.9 Å². The highest BCUT2D eigenvalue weighted by molar-refractivity contribution is 7.98. The number of carbonyl (C=O) groups is 1. The Morgan fingerprint density at radius 3 is 2.95 bits per heavy atom. The van der Waals surface area contributed by atoms with Gasteiger partial charge in [-0.2, -0.15) is 4.98 Å². The molecule has 7 nitrogen and oxygen atoms in total. The van der Waals surface area contributed by atoms with Gasteiger partial charge in [0, 0.05) is 18.1 Å². The highest BCUT2D eigenvalue weighted by Gasteiger charge is 2.16. The average molecular weight is 279 g/mol. The molecule has 0 saturated carbocycles. The first-order valence-corrected chi connectivity index (χ1v) is 6.75.